The molecule has 0 heterocycles. The number of hydrogen-bond donors (Lipinski definition) is 2. The van der Waals surface area contributed by atoms with Crippen molar-refractivity contribution in [3.05, 3.63) is 12.2 Å². The number of rotatable bonds is 8. The molecule has 0 saturated carbocycles. The Bertz CT molecular complexity index is 330. The summed E-state index contributed by atoms with van der Waals surface area (Å²) in [5.41, 5.74) is 0.238. The van der Waals surface area contributed by atoms with Gasteiger partial charge >= 0.3 is 13.8 Å². The monoisotopic (exact) mass is 280 g/mol. The maximum Gasteiger partial charge on any atom is 0.469 e. The Balaban J connectivity index is 4.66. The molecule has 18 heavy (non-hydrogen) atoms. The fraction of sp³-hybridized carbons (Fsp3) is 0.727. The molecule has 7 heteroatoms. The van der Waals surface area contributed by atoms with Gasteiger partial charge in [0.15, 0.2) is 0 Å². The van der Waals surface area contributed by atoms with Gasteiger partial charge in [-0.2, -0.15) is 0 Å². The zero-order valence-electron chi connectivity index (χ0n) is 11.0. The first-order chi connectivity index (χ1) is 8.21. The fourth-order valence-corrected chi connectivity index (χ4v) is 1.83. The highest BCUT2D eigenvalue weighted by atomic mass is 31.2. The summed E-state index contributed by atoms with van der Waals surface area (Å²) in [5.74, 6) is -0.596. The van der Waals surface area contributed by atoms with E-state index in [1.54, 1.807) is 0 Å². The predicted molar refractivity (Wildman–Crippen MR) is 66.8 cm³/mol. The van der Waals surface area contributed by atoms with Crippen molar-refractivity contribution < 1.29 is 28.4 Å². The second-order valence-electron chi connectivity index (χ2n) is 4.09. The third-order valence-corrected chi connectivity index (χ3v) is 3.07. The number of esters is 1. The molecule has 106 valence electrons. The van der Waals surface area contributed by atoms with Crippen LogP contribution < -0.4 is 0 Å². The summed E-state index contributed by atoms with van der Waals surface area (Å²) >= 11 is 0. The third-order valence-electron chi connectivity index (χ3n) is 2.59. The number of hydrogen-bond acceptors (Lipinski definition) is 4. The molecule has 0 spiro atoms. The molecular formula is C11H21O6P. The second kappa shape index (κ2) is 7.69. The minimum absolute atomic E-state index is 0.0140. The van der Waals surface area contributed by atoms with E-state index < -0.39 is 19.9 Å². The molecule has 0 aromatic rings. The van der Waals surface area contributed by atoms with Crippen molar-refractivity contribution in [2.24, 2.45) is 5.92 Å². The van der Waals surface area contributed by atoms with Crippen molar-refractivity contribution in [3.63, 3.8) is 0 Å². The highest BCUT2D eigenvalue weighted by Gasteiger charge is 2.26. The van der Waals surface area contributed by atoms with Crippen LogP contribution in [0.3, 0.4) is 0 Å². The number of carbonyl (C=O) groups excluding carboxylic acids is 1. The van der Waals surface area contributed by atoms with Crippen molar-refractivity contribution in [1.82, 2.24) is 0 Å². The van der Waals surface area contributed by atoms with E-state index in [0.29, 0.717) is 0 Å². The lowest BCUT2D eigenvalue weighted by Crippen LogP contribution is -2.31. The van der Waals surface area contributed by atoms with Gasteiger partial charge in [0.25, 0.3) is 0 Å². The van der Waals surface area contributed by atoms with Gasteiger partial charge in [0, 0.05) is 5.57 Å². The number of phosphoric acid groups is 1. The Morgan fingerprint density at radius 3 is 2.17 bits per heavy atom. The molecule has 0 aliphatic rings. The van der Waals surface area contributed by atoms with Gasteiger partial charge in [0.2, 0.25) is 0 Å². The van der Waals surface area contributed by atoms with Gasteiger partial charge in [-0.1, -0.05) is 20.4 Å². The van der Waals surface area contributed by atoms with Gasteiger partial charge in [-0.25, -0.2) is 9.36 Å². The van der Waals surface area contributed by atoms with Crippen LogP contribution in [0.2, 0.25) is 0 Å². The van der Waals surface area contributed by atoms with Crippen molar-refractivity contribution >= 4 is 13.8 Å². The van der Waals surface area contributed by atoms with E-state index in [2.05, 4.69) is 11.1 Å². The van der Waals surface area contributed by atoms with Crippen molar-refractivity contribution in [3.8, 4) is 0 Å². The highest BCUT2D eigenvalue weighted by Crippen LogP contribution is 2.36. The average Bonchev–Trinajstić information content (AvgIpc) is 2.25. The number of phosphoric ester groups is 1. The van der Waals surface area contributed by atoms with Crippen LogP contribution in [0.15, 0.2) is 12.2 Å². The van der Waals surface area contributed by atoms with E-state index in [4.69, 9.17) is 14.5 Å². The van der Waals surface area contributed by atoms with Crippen LogP contribution in [0.4, 0.5) is 0 Å². The third kappa shape index (κ3) is 6.91. The molecule has 0 bridgehead atoms. The van der Waals surface area contributed by atoms with Gasteiger partial charge < -0.3 is 14.5 Å². The van der Waals surface area contributed by atoms with E-state index >= 15 is 0 Å². The van der Waals surface area contributed by atoms with Crippen molar-refractivity contribution in [2.75, 3.05) is 6.61 Å². The zero-order valence-corrected chi connectivity index (χ0v) is 11.9. The molecule has 0 radical (unpaired) electrons. The van der Waals surface area contributed by atoms with Crippen LogP contribution in [0.1, 0.15) is 33.6 Å². The Labute approximate surface area is 107 Å². The molecule has 0 fully saturated rings. The lowest BCUT2D eigenvalue weighted by Gasteiger charge is -2.25. The fourth-order valence-electron chi connectivity index (χ4n) is 1.49. The summed E-state index contributed by atoms with van der Waals surface area (Å²) < 4.78 is 20.2. The smallest absolute Gasteiger partial charge is 0.456 e. The molecular weight excluding hydrogens is 259 g/mol. The first-order valence-corrected chi connectivity index (χ1v) is 7.30. The molecule has 2 N–H and O–H groups in total. The largest absolute Gasteiger partial charge is 0.469 e. The summed E-state index contributed by atoms with van der Waals surface area (Å²) in [6.07, 6.45) is 0.751. The predicted octanol–water partition coefficient (Wildman–Crippen LogP) is 2.02. The Morgan fingerprint density at radius 2 is 1.83 bits per heavy atom. The summed E-state index contributed by atoms with van der Waals surface area (Å²) in [5, 5.41) is 0. The zero-order chi connectivity index (χ0) is 14.3. The number of carbonyl (C=O) groups is 1. The van der Waals surface area contributed by atoms with Crippen molar-refractivity contribution in [1.29, 1.82) is 0 Å². The van der Waals surface area contributed by atoms with Gasteiger partial charge in [-0.3, -0.25) is 4.52 Å². The minimum atomic E-state index is -4.56. The number of ether oxygens (including phenoxy) is 1. The van der Waals surface area contributed by atoms with Crippen LogP contribution in [0.5, 0.6) is 0 Å². The summed E-state index contributed by atoms with van der Waals surface area (Å²) in [4.78, 5) is 28.8. The van der Waals surface area contributed by atoms with Gasteiger partial charge in [0.1, 0.15) is 6.10 Å². The molecule has 0 aliphatic carbocycles. The maximum absolute atomic E-state index is 11.4. The molecule has 0 aliphatic heterocycles. The quantitative estimate of drug-likeness (QED) is 0.401. The van der Waals surface area contributed by atoms with Crippen LogP contribution in [-0.4, -0.2) is 28.5 Å². The van der Waals surface area contributed by atoms with Gasteiger partial charge in [-0.05, 0) is 25.7 Å². The minimum Gasteiger partial charge on any atom is -0.456 e. The maximum atomic E-state index is 11.4. The molecule has 1 unspecified atom stereocenters. The standard InChI is InChI=1S/C11H21O6P/c1-5-9(6-2)10(7-16-18(13,14)15)17-11(12)8(3)4/h9-10H,3,5-7H2,1-2,4H3,(H2,13,14,15). The van der Waals surface area contributed by atoms with E-state index in [1.807, 2.05) is 13.8 Å². The van der Waals surface area contributed by atoms with E-state index in [-0.39, 0.29) is 18.1 Å². The van der Waals surface area contributed by atoms with E-state index in [1.165, 1.54) is 6.92 Å². The SMILES string of the molecule is C=C(C)C(=O)OC(COP(=O)(O)O)C(CC)CC. The molecule has 6 nitrogen and oxygen atoms in total. The molecule has 1 atom stereocenters. The molecule has 0 rings (SSSR count). The first kappa shape index (κ1) is 17.3. The normalized spacial score (nSPS) is 13.4. The molecule has 0 aromatic heterocycles. The molecule has 0 amide bonds. The van der Waals surface area contributed by atoms with Crippen LogP contribution in [-0.2, 0) is 18.6 Å². The summed E-state index contributed by atoms with van der Waals surface area (Å²) in [7, 11) is -4.56. The van der Waals surface area contributed by atoms with Crippen LogP contribution in [0.25, 0.3) is 0 Å². The summed E-state index contributed by atoms with van der Waals surface area (Å²) in [6, 6.07) is 0. The lowest BCUT2D eigenvalue weighted by atomic mass is 9.97. The Hall–Kier alpha value is -0.680. The first-order valence-electron chi connectivity index (χ1n) is 5.77. The Kier molecular flexibility index (Phi) is 7.40. The average molecular weight is 280 g/mol. The topological polar surface area (TPSA) is 93.1 Å². The molecule has 0 saturated heterocycles. The Morgan fingerprint density at radius 1 is 1.33 bits per heavy atom. The van der Waals surface area contributed by atoms with Crippen molar-refractivity contribution in [2.45, 2.75) is 39.7 Å². The van der Waals surface area contributed by atoms with Gasteiger partial charge in [0.05, 0.1) is 6.61 Å². The van der Waals surface area contributed by atoms with Gasteiger partial charge in [-0.15, -0.1) is 0 Å². The van der Waals surface area contributed by atoms with Crippen LogP contribution in [0, 0.1) is 5.92 Å². The molecule has 0 aromatic carbocycles. The lowest BCUT2D eigenvalue weighted by molar-refractivity contribution is -0.149. The van der Waals surface area contributed by atoms with Crippen LogP contribution >= 0.6 is 7.82 Å². The van der Waals surface area contributed by atoms with E-state index in [9.17, 15) is 9.36 Å². The van der Waals surface area contributed by atoms with E-state index in [0.717, 1.165) is 12.8 Å². The second-order valence-corrected chi connectivity index (χ2v) is 5.33. The highest BCUT2D eigenvalue weighted by molar-refractivity contribution is 7.46. The summed E-state index contributed by atoms with van der Waals surface area (Å²) in [6.45, 7) is 8.47.